The van der Waals surface area contributed by atoms with Crippen LogP contribution >= 0.6 is 11.3 Å². The topological polar surface area (TPSA) is 120 Å². The van der Waals surface area contributed by atoms with Crippen molar-refractivity contribution in [2.75, 3.05) is 5.32 Å². The molecule has 0 saturated carbocycles. The number of amides is 1. The van der Waals surface area contributed by atoms with Gasteiger partial charge in [-0.25, -0.2) is 4.68 Å². The number of hydrogen-bond acceptors (Lipinski definition) is 7. The van der Waals surface area contributed by atoms with Crippen molar-refractivity contribution in [2.45, 2.75) is 39.7 Å². The predicted molar refractivity (Wildman–Crippen MR) is 109 cm³/mol. The lowest BCUT2D eigenvalue weighted by Gasteiger charge is -2.17. The number of carbonyl (C=O) groups is 1. The third-order valence-corrected chi connectivity index (χ3v) is 6.32. The molecule has 1 aliphatic carbocycles. The van der Waals surface area contributed by atoms with Crippen molar-refractivity contribution in [1.82, 2.24) is 15.0 Å². The molecule has 1 unspecified atom stereocenters. The number of hydrogen-bond donors (Lipinski definition) is 1. The highest BCUT2D eigenvalue weighted by molar-refractivity contribution is 7.18. The van der Waals surface area contributed by atoms with Crippen LogP contribution in [0.15, 0.2) is 23.0 Å². The second-order valence-corrected chi connectivity index (χ2v) is 8.47. The van der Waals surface area contributed by atoms with E-state index in [-0.39, 0.29) is 17.8 Å². The minimum absolute atomic E-state index is 0.122. The number of nitro groups is 1. The number of thiophene rings is 1. The van der Waals surface area contributed by atoms with Crippen LogP contribution in [-0.2, 0) is 24.2 Å². The third kappa shape index (κ3) is 3.63. The summed E-state index contributed by atoms with van der Waals surface area (Å²) >= 11 is 1.50. The molecule has 3 aromatic rings. The first kappa shape index (κ1) is 19.2. The van der Waals surface area contributed by atoms with Gasteiger partial charge in [-0.1, -0.05) is 18.2 Å². The Balaban J connectivity index is 1.61. The van der Waals surface area contributed by atoms with E-state index < -0.39 is 10.8 Å². The van der Waals surface area contributed by atoms with Gasteiger partial charge in [0.2, 0.25) is 5.91 Å². The van der Waals surface area contributed by atoms with Crippen molar-refractivity contribution in [3.05, 3.63) is 54.7 Å². The number of nitrogens with zero attached hydrogens (tertiary/aromatic N) is 4. The van der Waals surface area contributed by atoms with Crippen molar-refractivity contribution in [2.24, 2.45) is 5.92 Å². The van der Waals surface area contributed by atoms with Gasteiger partial charge in [-0.15, -0.1) is 16.4 Å². The molecule has 9 nitrogen and oxygen atoms in total. The van der Waals surface area contributed by atoms with Crippen LogP contribution in [0.25, 0.3) is 10.2 Å². The van der Waals surface area contributed by atoms with Crippen LogP contribution in [0.5, 0.6) is 0 Å². The fourth-order valence-electron chi connectivity index (χ4n) is 3.58. The summed E-state index contributed by atoms with van der Waals surface area (Å²) in [4.78, 5) is 37.6. The Morgan fingerprint density at radius 3 is 3.00 bits per heavy atom. The lowest BCUT2D eigenvalue weighted by atomic mass is 9.89. The zero-order valence-electron chi connectivity index (χ0n) is 16.0. The van der Waals surface area contributed by atoms with Gasteiger partial charge in [-0.3, -0.25) is 19.7 Å². The fourth-order valence-corrected chi connectivity index (χ4v) is 4.90. The molecule has 1 aromatic carbocycles. The number of benzene rings is 1. The van der Waals surface area contributed by atoms with Gasteiger partial charge >= 0.3 is 0 Å². The molecule has 4 rings (SSSR count). The smallest absolute Gasteiger partial charge is 0.279 e. The average molecular weight is 413 g/mol. The maximum Gasteiger partial charge on any atom is 0.279 e. The molecule has 0 bridgehead atoms. The highest BCUT2D eigenvalue weighted by Gasteiger charge is 2.24. The summed E-state index contributed by atoms with van der Waals surface area (Å²) in [7, 11) is 0. The van der Waals surface area contributed by atoms with Crippen LogP contribution in [-0.4, -0.2) is 25.8 Å². The Hall–Kier alpha value is -3.14. The summed E-state index contributed by atoms with van der Waals surface area (Å²) < 4.78 is 1.05. The summed E-state index contributed by atoms with van der Waals surface area (Å²) in [6.45, 7) is 3.61. The number of nitrogens with one attached hydrogen (secondary N) is 1. The summed E-state index contributed by atoms with van der Waals surface area (Å²) in [5.74, 6) is 0.0803. The third-order valence-electron chi connectivity index (χ3n) is 5.18. The average Bonchev–Trinajstić information content (AvgIpc) is 3.03. The normalized spacial score (nSPS) is 15.9. The van der Waals surface area contributed by atoms with Crippen molar-refractivity contribution in [3.63, 3.8) is 0 Å². The van der Waals surface area contributed by atoms with Gasteiger partial charge in [0.05, 0.1) is 16.0 Å². The second kappa shape index (κ2) is 7.36. The Labute approximate surface area is 169 Å². The first-order chi connectivity index (χ1) is 13.8. The summed E-state index contributed by atoms with van der Waals surface area (Å²) in [6, 6.07) is 4.22. The van der Waals surface area contributed by atoms with E-state index in [1.165, 1.54) is 28.3 Å². The van der Waals surface area contributed by atoms with Gasteiger partial charge in [0.15, 0.2) is 4.83 Å². The van der Waals surface area contributed by atoms with Gasteiger partial charge in [-0.05, 0) is 43.2 Å². The lowest BCUT2D eigenvalue weighted by Crippen LogP contribution is -2.30. The van der Waals surface area contributed by atoms with Crippen LogP contribution in [0.2, 0.25) is 0 Å². The Morgan fingerprint density at radius 1 is 1.45 bits per heavy atom. The van der Waals surface area contributed by atoms with Gasteiger partial charge < -0.3 is 5.32 Å². The quantitative estimate of drug-likeness (QED) is 0.519. The van der Waals surface area contributed by atoms with Crippen molar-refractivity contribution >= 4 is 38.8 Å². The molecule has 0 aliphatic heterocycles. The Morgan fingerprint density at radius 2 is 2.24 bits per heavy atom. The molecule has 0 spiro atoms. The van der Waals surface area contributed by atoms with Gasteiger partial charge in [0.1, 0.15) is 6.54 Å². The highest BCUT2D eigenvalue weighted by atomic mass is 32.1. The molecule has 0 fully saturated rings. The molecular formula is C19H19N5O4S. The fraction of sp³-hybridized carbons (Fsp3) is 0.368. The van der Waals surface area contributed by atoms with Gasteiger partial charge in [-0.2, -0.15) is 0 Å². The maximum absolute atomic E-state index is 12.9. The summed E-state index contributed by atoms with van der Waals surface area (Å²) in [5, 5.41) is 22.2. The lowest BCUT2D eigenvalue weighted by molar-refractivity contribution is -0.384. The van der Waals surface area contributed by atoms with E-state index in [4.69, 9.17) is 0 Å². The minimum atomic E-state index is -0.528. The second-order valence-electron chi connectivity index (χ2n) is 7.39. The Kier molecular flexibility index (Phi) is 4.87. The summed E-state index contributed by atoms with van der Waals surface area (Å²) in [5.41, 5.74) is 1.59. The van der Waals surface area contributed by atoms with E-state index in [0.717, 1.165) is 29.5 Å². The zero-order valence-corrected chi connectivity index (χ0v) is 16.8. The molecule has 1 N–H and O–H groups in total. The van der Waals surface area contributed by atoms with E-state index in [1.807, 2.05) is 0 Å². The number of anilines is 1. The van der Waals surface area contributed by atoms with Crippen LogP contribution in [0.1, 0.15) is 29.3 Å². The van der Waals surface area contributed by atoms with Gasteiger partial charge in [0.25, 0.3) is 11.2 Å². The van der Waals surface area contributed by atoms with E-state index in [9.17, 15) is 19.7 Å². The molecule has 2 heterocycles. The monoisotopic (exact) mass is 413 g/mol. The van der Waals surface area contributed by atoms with Crippen LogP contribution < -0.4 is 10.9 Å². The number of carbonyl (C=O) groups excluding carboxylic acids is 1. The van der Waals surface area contributed by atoms with Crippen molar-refractivity contribution < 1.29 is 9.72 Å². The first-order valence-electron chi connectivity index (χ1n) is 9.26. The molecule has 150 valence electrons. The molecule has 1 aliphatic rings. The first-order valence-corrected chi connectivity index (χ1v) is 10.1. The maximum atomic E-state index is 12.9. The number of aryl methyl sites for hydroxylation is 2. The molecule has 1 amide bonds. The number of fused-ring (bicyclic) bond motifs is 3. The standard InChI is InChI=1S/C19H19N5O4S/c1-10-3-6-13-15(7-10)29-18-17(13)19(26)23(22-21-18)9-16(25)20-14-8-12(24(27)28)5-4-11(14)2/h4-5,8,10H,3,6-7,9H2,1-2H3,(H,20,25). The van der Waals surface area contributed by atoms with Gasteiger partial charge in [0, 0.05) is 17.0 Å². The van der Waals surface area contributed by atoms with Crippen LogP contribution in [0.3, 0.4) is 0 Å². The van der Waals surface area contributed by atoms with E-state index in [2.05, 4.69) is 22.6 Å². The minimum Gasteiger partial charge on any atom is -0.324 e. The molecule has 0 radical (unpaired) electrons. The molecule has 2 aromatic heterocycles. The summed E-state index contributed by atoms with van der Waals surface area (Å²) in [6.07, 6.45) is 2.78. The van der Waals surface area contributed by atoms with Crippen molar-refractivity contribution in [1.29, 1.82) is 0 Å². The molecule has 1 atom stereocenters. The van der Waals surface area contributed by atoms with E-state index >= 15 is 0 Å². The highest BCUT2D eigenvalue weighted by Crippen LogP contribution is 2.35. The van der Waals surface area contributed by atoms with E-state index in [0.29, 0.717) is 27.4 Å². The Bertz CT molecular complexity index is 1200. The number of rotatable bonds is 4. The molecule has 0 saturated heterocycles. The predicted octanol–water partition coefficient (Wildman–Crippen LogP) is 2.83. The number of nitro benzene ring substituents is 1. The largest absolute Gasteiger partial charge is 0.324 e. The number of aromatic nitrogens is 3. The van der Waals surface area contributed by atoms with Crippen molar-refractivity contribution in [3.8, 4) is 0 Å². The van der Waals surface area contributed by atoms with Crippen LogP contribution in [0.4, 0.5) is 11.4 Å². The van der Waals surface area contributed by atoms with Crippen LogP contribution in [0, 0.1) is 23.0 Å². The van der Waals surface area contributed by atoms with E-state index in [1.54, 1.807) is 13.0 Å². The zero-order chi connectivity index (χ0) is 20.7. The molecular weight excluding hydrogens is 394 g/mol. The molecule has 10 heteroatoms. The molecule has 29 heavy (non-hydrogen) atoms. The SMILES string of the molecule is Cc1ccc([N+](=O)[O-])cc1NC(=O)Cn1nnc2sc3c(c2c1=O)CCC(C)C3. The number of non-ortho nitro benzene ring substituents is 1.